The summed E-state index contributed by atoms with van der Waals surface area (Å²) in [4.78, 5) is 2.61. The fourth-order valence-corrected chi connectivity index (χ4v) is 2.90. The van der Waals surface area contributed by atoms with Gasteiger partial charge in [-0.3, -0.25) is 4.90 Å². The number of hydrogen-bond acceptors (Lipinski definition) is 3. The van der Waals surface area contributed by atoms with E-state index < -0.39 is 0 Å². The normalized spacial score (nSPS) is 24.9. The molecule has 3 nitrogen and oxygen atoms in total. The molecule has 1 saturated heterocycles. The van der Waals surface area contributed by atoms with Crippen molar-refractivity contribution in [3.63, 3.8) is 0 Å². The van der Waals surface area contributed by atoms with Gasteiger partial charge in [-0.2, -0.15) is 0 Å². The molecule has 1 N–H and O–H groups in total. The van der Waals surface area contributed by atoms with E-state index in [-0.39, 0.29) is 0 Å². The molecule has 0 aromatic carbocycles. The van der Waals surface area contributed by atoms with E-state index in [4.69, 9.17) is 4.74 Å². The van der Waals surface area contributed by atoms with Gasteiger partial charge in [-0.15, -0.1) is 0 Å². The molecule has 2 unspecified atom stereocenters. The fourth-order valence-electron chi connectivity index (χ4n) is 2.90. The number of ether oxygens (including phenoxy) is 1. The van der Waals surface area contributed by atoms with Crippen LogP contribution in [-0.4, -0.2) is 51.3 Å². The Balaban J connectivity index is 2.47. The summed E-state index contributed by atoms with van der Waals surface area (Å²) in [5.74, 6) is 1.75. The van der Waals surface area contributed by atoms with E-state index in [9.17, 15) is 0 Å². The lowest BCUT2D eigenvalue weighted by Crippen LogP contribution is -2.45. The maximum atomic E-state index is 5.34. The SMILES string of the molecule is CNCC(COC)N1CCCC(C(C)C)CC1. The molecule has 1 fully saturated rings. The highest BCUT2D eigenvalue weighted by atomic mass is 16.5. The molecule has 0 radical (unpaired) electrons. The van der Waals surface area contributed by atoms with E-state index in [1.165, 1.54) is 32.4 Å². The maximum Gasteiger partial charge on any atom is 0.0630 e. The van der Waals surface area contributed by atoms with Crippen LogP contribution in [0.15, 0.2) is 0 Å². The molecule has 2 atom stereocenters. The largest absolute Gasteiger partial charge is 0.383 e. The minimum Gasteiger partial charge on any atom is -0.383 e. The zero-order valence-corrected chi connectivity index (χ0v) is 12.0. The van der Waals surface area contributed by atoms with Gasteiger partial charge < -0.3 is 10.1 Å². The first kappa shape index (κ1) is 14.9. The average molecular weight is 242 g/mol. The minimum absolute atomic E-state index is 0.538. The molecule has 0 saturated carbocycles. The summed E-state index contributed by atoms with van der Waals surface area (Å²) in [6.07, 6.45) is 4.09. The number of likely N-dealkylation sites (N-methyl/N-ethyl adjacent to an activating group) is 1. The molecule has 0 aromatic rings. The van der Waals surface area contributed by atoms with Crippen LogP contribution in [0.5, 0.6) is 0 Å². The molecule has 17 heavy (non-hydrogen) atoms. The number of rotatable bonds is 6. The van der Waals surface area contributed by atoms with Gasteiger partial charge in [-0.05, 0) is 51.2 Å². The molecule has 0 aliphatic carbocycles. The van der Waals surface area contributed by atoms with Crippen LogP contribution in [0.25, 0.3) is 0 Å². The molecule has 0 spiro atoms. The van der Waals surface area contributed by atoms with Gasteiger partial charge in [0.25, 0.3) is 0 Å². The molecular formula is C14H30N2O. The lowest BCUT2D eigenvalue weighted by atomic mass is 9.89. The van der Waals surface area contributed by atoms with Gasteiger partial charge in [-0.1, -0.05) is 13.8 Å². The predicted molar refractivity (Wildman–Crippen MR) is 73.3 cm³/mol. The summed E-state index contributed by atoms with van der Waals surface area (Å²) in [5, 5.41) is 3.28. The topological polar surface area (TPSA) is 24.5 Å². The average Bonchev–Trinajstić information content (AvgIpc) is 2.54. The molecule has 0 amide bonds. The highest BCUT2D eigenvalue weighted by molar-refractivity contribution is 4.78. The van der Waals surface area contributed by atoms with Crippen LogP contribution in [0.2, 0.25) is 0 Å². The van der Waals surface area contributed by atoms with Crippen LogP contribution < -0.4 is 5.32 Å². The second-order valence-electron chi connectivity index (χ2n) is 5.64. The van der Waals surface area contributed by atoms with Crippen molar-refractivity contribution in [2.75, 3.05) is 40.4 Å². The summed E-state index contributed by atoms with van der Waals surface area (Å²) in [5.41, 5.74) is 0. The van der Waals surface area contributed by atoms with E-state index in [2.05, 4.69) is 24.1 Å². The van der Waals surface area contributed by atoms with Gasteiger partial charge in [0.1, 0.15) is 0 Å². The Morgan fingerprint density at radius 2 is 2.06 bits per heavy atom. The molecular weight excluding hydrogens is 212 g/mol. The van der Waals surface area contributed by atoms with Crippen LogP contribution in [-0.2, 0) is 4.74 Å². The monoisotopic (exact) mass is 242 g/mol. The van der Waals surface area contributed by atoms with Crippen molar-refractivity contribution >= 4 is 0 Å². The quantitative estimate of drug-likeness (QED) is 0.771. The molecule has 1 aliphatic heterocycles. The van der Waals surface area contributed by atoms with Crippen molar-refractivity contribution in [3.05, 3.63) is 0 Å². The summed E-state index contributed by atoms with van der Waals surface area (Å²) < 4.78 is 5.34. The summed E-state index contributed by atoms with van der Waals surface area (Å²) in [6.45, 7) is 9.06. The smallest absolute Gasteiger partial charge is 0.0630 e. The highest BCUT2D eigenvalue weighted by Crippen LogP contribution is 2.25. The molecule has 0 bridgehead atoms. The van der Waals surface area contributed by atoms with Crippen molar-refractivity contribution in [2.24, 2.45) is 11.8 Å². The molecule has 1 aliphatic rings. The summed E-state index contributed by atoms with van der Waals surface area (Å²) in [6, 6.07) is 0.538. The first-order chi connectivity index (χ1) is 8.19. The first-order valence-electron chi connectivity index (χ1n) is 7.06. The van der Waals surface area contributed by atoms with Crippen LogP contribution in [0, 0.1) is 11.8 Å². The van der Waals surface area contributed by atoms with Crippen molar-refractivity contribution in [2.45, 2.75) is 39.2 Å². The van der Waals surface area contributed by atoms with Gasteiger partial charge in [0.05, 0.1) is 6.61 Å². The Bertz CT molecular complexity index is 191. The zero-order valence-electron chi connectivity index (χ0n) is 12.0. The molecule has 0 aromatic heterocycles. The predicted octanol–water partition coefficient (Wildman–Crippen LogP) is 1.98. The van der Waals surface area contributed by atoms with Crippen LogP contribution in [0.3, 0.4) is 0 Å². The minimum atomic E-state index is 0.538. The third-order valence-electron chi connectivity index (χ3n) is 4.07. The Labute approximate surface area is 107 Å². The Kier molecular flexibility index (Phi) is 7.09. The van der Waals surface area contributed by atoms with Crippen LogP contribution >= 0.6 is 0 Å². The van der Waals surface area contributed by atoms with Crippen molar-refractivity contribution in [1.29, 1.82) is 0 Å². The van der Waals surface area contributed by atoms with Crippen LogP contribution in [0.4, 0.5) is 0 Å². The van der Waals surface area contributed by atoms with Crippen LogP contribution in [0.1, 0.15) is 33.1 Å². The fraction of sp³-hybridized carbons (Fsp3) is 1.00. The third kappa shape index (κ3) is 4.94. The number of nitrogens with one attached hydrogen (secondary N) is 1. The Hall–Kier alpha value is -0.120. The molecule has 1 heterocycles. The first-order valence-corrected chi connectivity index (χ1v) is 7.06. The maximum absolute atomic E-state index is 5.34. The van der Waals surface area contributed by atoms with Gasteiger partial charge in [0.15, 0.2) is 0 Å². The lowest BCUT2D eigenvalue weighted by Gasteiger charge is -2.30. The third-order valence-corrected chi connectivity index (χ3v) is 4.07. The summed E-state index contributed by atoms with van der Waals surface area (Å²) in [7, 11) is 3.83. The van der Waals surface area contributed by atoms with E-state index in [1.807, 2.05) is 7.05 Å². The number of hydrogen-bond donors (Lipinski definition) is 1. The van der Waals surface area contributed by atoms with Crippen molar-refractivity contribution in [3.8, 4) is 0 Å². The molecule has 3 heteroatoms. The van der Waals surface area contributed by atoms with Gasteiger partial charge in [0, 0.05) is 19.7 Å². The Morgan fingerprint density at radius 3 is 2.65 bits per heavy atom. The molecule has 102 valence electrons. The van der Waals surface area contributed by atoms with E-state index >= 15 is 0 Å². The van der Waals surface area contributed by atoms with Crippen molar-refractivity contribution in [1.82, 2.24) is 10.2 Å². The number of nitrogens with zero attached hydrogens (tertiary/aromatic N) is 1. The van der Waals surface area contributed by atoms with Gasteiger partial charge in [-0.25, -0.2) is 0 Å². The van der Waals surface area contributed by atoms with E-state index in [0.29, 0.717) is 6.04 Å². The lowest BCUT2D eigenvalue weighted by molar-refractivity contribution is 0.0911. The standard InChI is InChI=1S/C14H30N2O/c1-12(2)13-6-5-8-16(9-7-13)14(10-15-3)11-17-4/h12-15H,5-11H2,1-4H3. The summed E-state index contributed by atoms with van der Waals surface area (Å²) >= 11 is 0. The van der Waals surface area contributed by atoms with Crippen molar-refractivity contribution < 1.29 is 4.74 Å². The number of likely N-dealkylation sites (tertiary alicyclic amines) is 1. The number of methoxy groups -OCH3 is 1. The molecule has 1 rings (SSSR count). The second kappa shape index (κ2) is 8.06. The Morgan fingerprint density at radius 1 is 1.29 bits per heavy atom. The van der Waals surface area contributed by atoms with E-state index in [0.717, 1.165) is 25.0 Å². The van der Waals surface area contributed by atoms with E-state index in [1.54, 1.807) is 7.11 Å². The highest BCUT2D eigenvalue weighted by Gasteiger charge is 2.23. The van der Waals surface area contributed by atoms with Gasteiger partial charge in [0.2, 0.25) is 0 Å². The zero-order chi connectivity index (χ0) is 12.7. The second-order valence-corrected chi connectivity index (χ2v) is 5.64. The van der Waals surface area contributed by atoms with Gasteiger partial charge >= 0.3 is 0 Å².